The summed E-state index contributed by atoms with van der Waals surface area (Å²) in [6.45, 7) is 6.02. The maximum atomic E-state index is 12.9. The molecule has 0 saturated carbocycles. The summed E-state index contributed by atoms with van der Waals surface area (Å²) < 4.78 is 33.6. The highest BCUT2D eigenvalue weighted by atomic mass is 32.2. The zero-order valence-corrected chi connectivity index (χ0v) is 17.2. The minimum Gasteiger partial charge on any atom is -0.429 e. The molecule has 0 radical (unpaired) electrons. The largest absolute Gasteiger partial charge is 0.429 e. The molecule has 0 N–H and O–H groups in total. The number of para-hydroxylation sites is 2. The van der Waals surface area contributed by atoms with E-state index in [1.165, 1.54) is 0 Å². The Morgan fingerprint density at radius 2 is 1.66 bits per heavy atom. The molecule has 2 heterocycles. The van der Waals surface area contributed by atoms with Gasteiger partial charge in [0.2, 0.25) is 22.2 Å². The van der Waals surface area contributed by atoms with E-state index in [-0.39, 0.29) is 16.8 Å². The first kappa shape index (κ1) is 19.1. The van der Waals surface area contributed by atoms with E-state index in [9.17, 15) is 8.42 Å². The van der Waals surface area contributed by atoms with Crippen LogP contribution in [0.5, 0.6) is 0 Å². The minimum atomic E-state index is -3.94. The normalized spacial score (nSPS) is 11.9. The molecule has 29 heavy (non-hydrogen) atoms. The van der Waals surface area contributed by atoms with Crippen LogP contribution in [0.15, 0.2) is 72.1 Å². The third kappa shape index (κ3) is 3.84. The molecule has 148 valence electrons. The Morgan fingerprint density at radius 1 is 1.00 bits per heavy atom. The third-order valence-corrected chi connectivity index (χ3v) is 5.84. The summed E-state index contributed by atoms with van der Waals surface area (Å²) in [5.74, 6) is 0.412. The van der Waals surface area contributed by atoms with Gasteiger partial charge in [0.1, 0.15) is 12.4 Å². The topological polar surface area (TPSA) is 82.8 Å². The Bertz CT molecular complexity index is 1280. The summed E-state index contributed by atoms with van der Waals surface area (Å²) >= 11 is 0. The lowest BCUT2D eigenvalue weighted by Gasteiger charge is -2.18. The molecule has 0 aliphatic carbocycles. The molecule has 0 bridgehead atoms. The first-order valence-corrected chi connectivity index (χ1v) is 10.7. The van der Waals surface area contributed by atoms with Crippen LogP contribution in [0, 0.1) is 6.92 Å². The number of hydrogen-bond donors (Lipinski definition) is 0. The van der Waals surface area contributed by atoms with Crippen molar-refractivity contribution in [3.8, 4) is 5.82 Å². The van der Waals surface area contributed by atoms with Gasteiger partial charge in [0.05, 0.1) is 16.5 Å². The first-order chi connectivity index (χ1) is 13.8. The first-order valence-electron chi connectivity index (χ1n) is 9.24. The van der Waals surface area contributed by atoms with E-state index in [1.807, 2.05) is 48.4 Å². The molecule has 0 unspecified atom stereocenters. The lowest BCUT2D eigenvalue weighted by molar-refractivity contribution is -0.715. The average Bonchev–Trinajstić information content (AvgIpc) is 3.18. The van der Waals surface area contributed by atoms with Crippen molar-refractivity contribution in [1.29, 1.82) is 0 Å². The molecule has 0 aliphatic rings. The molecule has 4 aromatic rings. The number of sulfonamides is 1. The van der Waals surface area contributed by atoms with Gasteiger partial charge >= 0.3 is 0 Å². The van der Waals surface area contributed by atoms with E-state index < -0.39 is 10.0 Å². The van der Waals surface area contributed by atoms with Crippen LogP contribution in [-0.4, -0.2) is 23.0 Å². The van der Waals surface area contributed by atoms with E-state index in [0.717, 1.165) is 5.56 Å². The molecule has 0 aliphatic heterocycles. The number of imidazole rings is 1. The van der Waals surface area contributed by atoms with Crippen molar-refractivity contribution < 1.29 is 13.0 Å². The van der Waals surface area contributed by atoms with Gasteiger partial charge in [-0.1, -0.05) is 35.9 Å². The fourth-order valence-corrected chi connectivity index (χ4v) is 3.83. The van der Waals surface area contributed by atoms with Crippen molar-refractivity contribution in [2.75, 3.05) is 0 Å². The van der Waals surface area contributed by atoms with Crippen LogP contribution in [0.25, 0.3) is 21.6 Å². The van der Waals surface area contributed by atoms with Crippen molar-refractivity contribution in [2.45, 2.75) is 31.7 Å². The highest BCUT2D eigenvalue weighted by Gasteiger charge is 2.17. The molecular formula is C21H21N5O2S. The molecule has 0 fully saturated rings. The molecule has 0 saturated heterocycles. The number of benzene rings is 2. The standard InChI is InChI=1S/C21H21N5O2S/c1-15(2)25-12-13-26(14-25)21-20(22-18-6-4-5-7-19(18)23-21)24-29(27,28)17-10-8-16(3)9-11-17/h4-15H,1-3H3. The lowest BCUT2D eigenvalue weighted by atomic mass is 10.2. The van der Waals surface area contributed by atoms with E-state index in [2.05, 4.69) is 28.5 Å². The molecule has 7 nitrogen and oxygen atoms in total. The number of rotatable bonds is 5. The molecule has 2 aromatic heterocycles. The van der Waals surface area contributed by atoms with Gasteiger partial charge in [-0.05, 0) is 44.5 Å². The van der Waals surface area contributed by atoms with E-state index >= 15 is 0 Å². The van der Waals surface area contributed by atoms with Crippen molar-refractivity contribution in [3.05, 3.63) is 77.5 Å². The summed E-state index contributed by atoms with van der Waals surface area (Å²) in [5, 5.41) is 0. The fraction of sp³-hybridized carbons (Fsp3) is 0.190. The molecule has 4 rings (SSSR count). The number of fused-ring (bicyclic) bond motifs is 1. The molecular weight excluding hydrogens is 386 g/mol. The number of hydrogen-bond acceptors (Lipinski definition) is 4. The quantitative estimate of drug-likeness (QED) is 0.468. The predicted molar refractivity (Wildman–Crippen MR) is 111 cm³/mol. The van der Waals surface area contributed by atoms with Gasteiger partial charge in [0.25, 0.3) is 0 Å². The van der Waals surface area contributed by atoms with E-state index in [4.69, 9.17) is 0 Å². The van der Waals surface area contributed by atoms with Gasteiger partial charge in [-0.15, -0.1) is 0 Å². The molecule has 2 aromatic carbocycles. The van der Waals surface area contributed by atoms with E-state index in [1.54, 1.807) is 34.9 Å². The van der Waals surface area contributed by atoms with E-state index in [0.29, 0.717) is 16.9 Å². The summed E-state index contributed by atoms with van der Waals surface area (Å²) in [7, 11) is -3.94. The summed E-state index contributed by atoms with van der Waals surface area (Å²) in [4.78, 5) is 9.25. The third-order valence-electron chi connectivity index (χ3n) is 4.56. The van der Waals surface area contributed by atoms with Crippen LogP contribution in [-0.2, 0) is 10.0 Å². The molecule has 0 spiro atoms. The maximum Gasteiger partial charge on any atom is 0.250 e. The summed E-state index contributed by atoms with van der Waals surface area (Å²) in [5.41, 5.74) is 2.22. The van der Waals surface area contributed by atoms with Gasteiger partial charge in [0, 0.05) is 5.82 Å². The second-order valence-electron chi connectivity index (χ2n) is 7.10. The predicted octanol–water partition coefficient (Wildman–Crippen LogP) is 3.99. The van der Waals surface area contributed by atoms with Crippen molar-refractivity contribution in [1.82, 2.24) is 14.5 Å². The average molecular weight is 407 g/mol. The number of nitrogens with zero attached hydrogens (tertiary/aromatic N) is 5. The molecule has 8 heteroatoms. The summed E-state index contributed by atoms with van der Waals surface area (Å²) in [6.07, 6.45) is 5.57. The van der Waals surface area contributed by atoms with Gasteiger partial charge in [-0.3, -0.25) is 0 Å². The van der Waals surface area contributed by atoms with Crippen LogP contribution < -0.4 is 4.57 Å². The summed E-state index contributed by atoms with van der Waals surface area (Å²) in [6, 6.07) is 14.1. The number of aromatic nitrogens is 4. The molecule has 0 amide bonds. The van der Waals surface area contributed by atoms with Gasteiger partial charge in [-0.25, -0.2) is 18.0 Å². The zero-order valence-electron chi connectivity index (χ0n) is 16.4. The highest BCUT2D eigenvalue weighted by Crippen LogP contribution is 2.32. The minimum absolute atomic E-state index is 0.0516. The Hall–Kier alpha value is -3.26. The fourth-order valence-electron chi connectivity index (χ4n) is 2.89. The lowest BCUT2D eigenvalue weighted by Crippen LogP contribution is -2.33. The van der Waals surface area contributed by atoms with Gasteiger partial charge in [0.15, 0.2) is 0 Å². The van der Waals surface area contributed by atoms with Crippen LogP contribution in [0.4, 0.5) is 5.82 Å². The second-order valence-corrected chi connectivity index (χ2v) is 8.70. The highest BCUT2D eigenvalue weighted by molar-refractivity contribution is 7.94. The SMILES string of the molecule is Cc1ccc(S(=O)(=O)[N-]c2nc3ccccc3nc2-n2cc[n+](C(C)C)c2)cc1. The monoisotopic (exact) mass is 407 g/mol. The van der Waals surface area contributed by atoms with Crippen LogP contribution >= 0.6 is 0 Å². The zero-order chi connectivity index (χ0) is 20.6. The van der Waals surface area contributed by atoms with Crippen LogP contribution in [0.2, 0.25) is 0 Å². The van der Waals surface area contributed by atoms with Crippen LogP contribution in [0.3, 0.4) is 0 Å². The second kappa shape index (κ2) is 7.29. The Morgan fingerprint density at radius 3 is 2.28 bits per heavy atom. The van der Waals surface area contributed by atoms with Gasteiger partial charge in [-0.2, -0.15) is 4.57 Å². The van der Waals surface area contributed by atoms with Crippen molar-refractivity contribution in [2.24, 2.45) is 0 Å². The van der Waals surface area contributed by atoms with Crippen molar-refractivity contribution >= 4 is 26.9 Å². The number of aryl methyl sites for hydroxylation is 1. The molecule has 0 atom stereocenters. The Labute approximate surface area is 169 Å². The van der Waals surface area contributed by atoms with Crippen LogP contribution in [0.1, 0.15) is 25.5 Å². The Balaban J connectivity index is 1.84. The smallest absolute Gasteiger partial charge is 0.250 e. The van der Waals surface area contributed by atoms with Gasteiger partial charge < -0.3 is 9.71 Å². The Kier molecular flexibility index (Phi) is 4.79. The maximum absolute atomic E-state index is 12.9. The van der Waals surface area contributed by atoms with Crippen molar-refractivity contribution in [3.63, 3.8) is 0 Å².